The van der Waals surface area contributed by atoms with Crippen molar-refractivity contribution in [2.75, 3.05) is 58.3 Å². The molecule has 3 aromatic rings. The molecule has 2 aliphatic heterocycles. The predicted molar refractivity (Wildman–Crippen MR) is 144 cm³/mol. The first-order valence-electron chi connectivity index (χ1n) is 12.0. The summed E-state index contributed by atoms with van der Waals surface area (Å²) < 4.78 is 5.43. The summed E-state index contributed by atoms with van der Waals surface area (Å²) in [4.78, 5) is 22.6. The summed E-state index contributed by atoms with van der Waals surface area (Å²) >= 11 is 3.34. The van der Waals surface area contributed by atoms with E-state index < -0.39 is 5.41 Å². The van der Waals surface area contributed by atoms with E-state index in [4.69, 9.17) is 0 Å². The van der Waals surface area contributed by atoms with Gasteiger partial charge < -0.3 is 9.80 Å². The van der Waals surface area contributed by atoms with Crippen molar-refractivity contribution >= 4 is 45.3 Å². The summed E-state index contributed by atoms with van der Waals surface area (Å²) in [5.74, 6) is 0.0532. The van der Waals surface area contributed by atoms with Crippen molar-refractivity contribution in [1.29, 1.82) is 5.26 Å². The number of fused-ring (bicyclic) bond motifs is 1. The van der Waals surface area contributed by atoms with Gasteiger partial charge in [0.25, 0.3) is 5.91 Å². The van der Waals surface area contributed by atoms with E-state index in [1.807, 2.05) is 48.6 Å². The maximum absolute atomic E-state index is 13.7. The van der Waals surface area contributed by atoms with Gasteiger partial charge in [-0.05, 0) is 43.9 Å². The van der Waals surface area contributed by atoms with E-state index >= 15 is 0 Å². The van der Waals surface area contributed by atoms with Crippen molar-refractivity contribution < 1.29 is 4.79 Å². The van der Waals surface area contributed by atoms with Crippen LogP contribution in [0.4, 0.5) is 5.69 Å². The molecular formula is C26H30N6OS2. The normalized spacial score (nSPS) is 18.7. The first-order valence-corrected chi connectivity index (χ1v) is 13.6. The SMILES string of the molecule is CN(C)SN1CCN(C(=O)c2cnc3ccsc3c2N2CCC(C#N)(c3ccccc3)CC2)CC1. The lowest BCUT2D eigenvalue weighted by Gasteiger charge is -2.40. The lowest BCUT2D eigenvalue weighted by molar-refractivity contribution is 0.0703. The largest absolute Gasteiger partial charge is 0.369 e. The number of rotatable bonds is 5. The molecule has 35 heavy (non-hydrogen) atoms. The van der Waals surface area contributed by atoms with E-state index in [9.17, 15) is 10.1 Å². The van der Waals surface area contributed by atoms with Gasteiger partial charge in [-0.15, -0.1) is 11.3 Å². The summed E-state index contributed by atoms with van der Waals surface area (Å²) in [6.45, 7) is 4.54. The van der Waals surface area contributed by atoms with Crippen LogP contribution in [-0.2, 0) is 5.41 Å². The summed E-state index contributed by atoms with van der Waals surface area (Å²) in [6.07, 6.45) is 3.23. The number of amides is 1. The Morgan fingerprint density at radius 2 is 1.80 bits per heavy atom. The van der Waals surface area contributed by atoms with Crippen LogP contribution in [0.2, 0.25) is 0 Å². The van der Waals surface area contributed by atoms with Crippen LogP contribution in [-0.4, -0.2) is 77.8 Å². The molecule has 5 rings (SSSR count). The second-order valence-corrected chi connectivity index (χ2v) is 11.6. The lowest BCUT2D eigenvalue weighted by atomic mass is 9.74. The topological polar surface area (TPSA) is 66.7 Å². The second-order valence-electron chi connectivity index (χ2n) is 9.32. The number of thiophene rings is 1. The first kappa shape index (κ1) is 24.1. The van der Waals surface area contributed by atoms with E-state index in [0.717, 1.165) is 60.5 Å². The highest BCUT2D eigenvalue weighted by Gasteiger charge is 2.38. The molecule has 2 aliphatic rings. The summed E-state index contributed by atoms with van der Waals surface area (Å²) in [5.41, 5.74) is 3.19. The van der Waals surface area contributed by atoms with Crippen LogP contribution in [0, 0.1) is 11.3 Å². The van der Waals surface area contributed by atoms with Gasteiger partial charge in [-0.3, -0.25) is 9.78 Å². The zero-order valence-electron chi connectivity index (χ0n) is 20.2. The van der Waals surface area contributed by atoms with Crippen molar-refractivity contribution in [1.82, 2.24) is 18.5 Å². The number of benzene rings is 1. The Labute approximate surface area is 215 Å². The Balaban J connectivity index is 1.40. The number of aromatic nitrogens is 1. The fourth-order valence-corrected chi connectivity index (χ4v) is 6.79. The smallest absolute Gasteiger partial charge is 0.257 e. The third-order valence-electron chi connectivity index (χ3n) is 6.96. The number of nitrogens with zero attached hydrogens (tertiary/aromatic N) is 6. The molecule has 0 unspecified atom stereocenters. The number of hydrogen-bond acceptors (Lipinski definition) is 8. The molecule has 1 aromatic carbocycles. The number of pyridine rings is 1. The number of nitriles is 1. The van der Waals surface area contributed by atoms with Gasteiger partial charge in [0.1, 0.15) is 0 Å². The standard InChI is InChI=1S/C26H30N6OS2/c1-29(2)35-32-15-13-31(14-16-32)25(33)21-18-28-22-8-17-34-24(22)23(21)30-11-9-26(19-27,10-12-30)20-6-4-3-5-7-20/h3-8,17-18H,9-16H2,1-2H3. The molecule has 0 bridgehead atoms. The van der Waals surface area contributed by atoms with Gasteiger partial charge in [-0.1, -0.05) is 30.3 Å². The number of piperazine rings is 1. The van der Waals surface area contributed by atoms with Crippen molar-refractivity contribution in [2.45, 2.75) is 18.3 Å². The Kier molecular flexibility index (Phi) is 6.98. The number of piperidine rings is 1. The van der Waals surface area contributed by atoms with E-state index in [0.29, 0.717) is 18.7 Å². The van der Waals surface area contributed by atoms with Crippen LogP contribution in [0.3, 0.4) is 0 Å². The molecule has 4 heterocycles. The van der Waals surface area contributed by atoms with Gasteiger partial charge in [0.05, 0.1) is 33.0 Å². The van der Waals surface area contributed by atoms with Gasteiger partial charge >= 0.3 is 0 Å². The van der Waals surface area contributed by atoms with E-state index in [2.05, 4.69) is 36.7 Å². The molecule has 1 amide bonds. The monoisotopic (exact) mass is 506 g/mol. The van der Waals surface area contributed by atoms with E-state index in [1.165, 1.54) is 0 Å². The highest BCUT2D eigenvalue weighted by molar-refractivity contribution is 7.94. The zero-order chi connectivity index (χ0) is 24.4. The summed E-state index contributed by atoms with van der Waals surface area (Å²) in [6, 6.07) is 14.8. The van der Waals surface area contributed by atoms with Crippen molar-refractivity contribution in [3.05, 3.63) is 59.1 Å². The van der Waals surface area contributed by atoms with Crippen LogP contribution in [0.25, 0.3) is 10.2 Å². The molecule has 0 saturated carbocycles. The molecule has 2 aromatic heterocycles. The minimum absolute atomic E-state index is 0.0532. The number of carbonyl (C=O) groups excluding carboxylic acids is 1. The van der Waals surface area contributed by atoms with Gasteiger partial charge in [0.15, 0.2) is 0 Å². The molecule has 0 spiro atoms. The molecule has 0 atom stereocenters. The van der Waals surface area contributed by atoms with Crippen molar-refractivity contribution in [3.8, 4) is 6.07 Å². The number of hydrogen-bond donors (Lipinski definition) is 0. The maximum atomic E-state index is 13.7. The molecule has 2 saturated heterocycles. The second kappa shape index (κ2) is 10.2. The fourth-order valence-electron chi connectivity index (χ4n) is 5.08. The maximum Gasteiger partial charge on any atom is 0.257 e. The highest BCUT2D eigenvalue weighted by atomic mass is 32.2. The molecular weight excluding hydrogens is 476 g/mol. The number of anilines is 1. The quantitative estimate of drug-likeness (QED) is 0.480. The Hall–Kier alpha value is -2.64. The Bertz CT molecular complexity index is 1220. The van der Waals surface area contributed by atoms with Gasteiger partial charge in [0.2, 0.25) is 0 Å². The molecule has 7 nitrogen and oxygen atoms in total. The van der Waals surface area contributed by atoms with Gasteiger partial charge in [0, 0.05) is 57.6 Å². The van der Waals surface area contributed by atoms with Crippen LogP contribution in [0.15, 0.2) is 48.0 Å². The van der Waals surface area contributed by atoms with E-state index in [1.54, 1.807) is 29.7 Å². The van der Waals surface area contributed by atoms with Crippen molar-refractivity contribution in [2.24, 2.45) is 0 Å². The first-order chi connectivity index (χ1) is 17.0. The summed E-state index contributed by atoms with van der Waals surface area (Å²) in [7, 11) is 4.07. The average Bonchev–Trinajstić information content (AvgIpc) is 3.37. The molecule has 2 fully saturated rings. The Morgan fingerprint density at radius 3 is 2.46 bits per heavy atom. The summed E-state index contributed by atoms with van der Waals surface area (Å²) in [5, 5.41) is 12.2. The third kappa shape index (κ3) is 4.76. The predicted octanol–water partition coefficient (Wildman–Crippen LogP) is 4.24. The zero-order valence-corrected chi connectivity index (χ0v) is 21.8. The van der Waals surface area contributed by atoms with Gasteiger partial charge in [-0.2, -0.15) is 5.26 Å². The van der Waals surface area contributed by atoms with Gasteiger partial charge in [-0.25, -0.2) is 8.61 Å². The molecule has 182 valence electrons. The highest BCUT2D eigenvalue weighted by Crippen LogP contribution is 2.40. The third-order valence-corrected chi connectivity index (χ3v) is 8.79. The van der Waals surface area contributed by atoms with Crippen molar-refractivity contribution in [3.63, 3.8) is 0 Å². The van der Waals surface area contributed by atoms with Crippen LogP contribution in [0.1, 0.15) is 28.8 Å². The van der Waals surface area contributed by atoms with Crippen LogP contribution in [0.5, 0.6) is 0 Å². The van der Waals surface area contributed by atoms with Crippen LogP contribution >= 0.6 is 23.5 Å². The lowest BCUT2D eigenvalue weighted by Crippen LogP contribution is -2.47. The molecule has 0 radical (unpaired) electrons. The molecule has 0 N–H and O–H groups in total. The van der Waals surface area contributed by atoms with Crippen LogP contribution < -0.4 is 4.90 Å². The minimum atomic E-state index is -0.482. The average molecular weight is 507 g/mol. The fraction of sp³-hybridized carbons (Fsp3) is 0.423. The molecule has 9 heteroatoms. The Morgan fingerprint density at radius 1 is 1.09 bits per heavy atom. The van der Waals surface area contributed by atoms with E-state index in [-0.39, 0.29) is 5.91 Å². The molecule has 0 aliphatic carbocycles. The number of carbonyl (C=O) groups is 1. The minimum Gasteiger partial charge on any atom is -0.369 e.